The summed E-state index contributed by atoms with van der Waals surface area (Å²) in [6.45, 7) is 3.76. The summed E-state index contributed by atoms with van der Waals surface area (Å²) in [5.74, 6) is -1.71. The van der Waals surface area contributed by atoms with Gasteiger partial charge in [0.2, 0.25) is 17.6 Å². The summed E-state index contributed by atoms with van der Waals surface area (Å²) in [5.41, 5.74) is 5.27. The molecule has 0 bridgehead atoms. The molecular formula is C18H24F3N7O2. The van der Waals surface area contributed by atoms with Gasteiger partial charge in [0, 0.05) is 26.1 Å². The van der Waals surface area contributed by atoms with Gasteiger partial charge in [0.05, 0.1) is 18.7 Å². The maximum atomic E-state index is 13.0. The van der Waals surface area contributed by atoms with E-state index < -0.39 is 29.5 Å². The molecule has 0 aliphatic carbocycles. The van der Waals surface area contributed by atoms with E-state index in [1.54, 1.807) is 13.8 Å². The van der Waals surface area contributed by atoms with Crippen LogP contribution in [0.3, 0.4) is 0 Å². The Labute approximate surface area is 171 Å². The topological polar surface area (TPSA) is 121 Å². The number of alkyl halides is 3. The number of rotatable bonds is 4. The normalized spacial score (nSPS) is 20.6. The highest BCUT2D eigenvalue weighted by Crippen LogP contribution is 2.31. The summed E-state index contributed by atoms with van der Waals surface area (Å²) < 4.78 is 39.8. The molecule has 2 aliphatic heterocycles. The van der Waals surface area contributed by atoms with Crippen molar-refractivity contribution < 1.29 is 22.8 Å². The van der Waals surface area contributed by atoms with E-state index in [-0.39, 0.29) is 43.7 Å². The van der Waals surface area contributed by atoms with Crippen molar-refractivity contribution in [1.82, 2.24) is 24.6 Å². The first kappa shape index (κ1) is 22.0. The highest BCUT2D eigenvalue weighted by atomic mass is 19.4. The quantitative estimate of drug-likeness (QED) is 0.762. The number of carbonyl (C=O) groups excluding carboxylic acids is 2. The predicted molar refractivity (Wildman–Crippen MR) is 97.2 cm³/mol. The Bertz CT molecular complexity index is 874. The van der Waals surface area contributed by atoms with Gasteiger partial charge in [-0.05, 0) is 18.3 Å². The number of carbonyl (C=O) groups is 2. The van der Waals surface area contributed by atoms with Crippen LogP contribution >= 0.6 is 0 Å². The first-order valence-corrected chi connectivity index (χ1v) is 9.68. The van der Waals surface area contributed by atoms with Gasteiger partial charge in [0.25, 0.3) is 0 Å². The third kappa shape index (κ3) is 4.12. The van der Waals surface area contributed by atoms with Crippen LogP contribution in [-0.4, -0.2) is 61.6 Å². The molecule has 3 rings (SSSR count). The third-order valence-corrected chi connectivity index (χ3v) is 5.76. The summed E-state index contributed by atoms with van der Waals surface area (Å²) in [7, 11) is 0. The highest BCUT2D eigenvalue weighted by molar-refractivity contribution is 5.85. The second kappa shape index (κ2) is 7.86. The molecule has 164 valence electrons. The molecule has 1 aromatic heterocycles. The van der Waals surface area contributed by atoms with E-state index in [4.69, 9.17) is 5.73 Å². The number of fused-ring (bicyclic) bond motifs is 1. The average Bonchev–Trinajstić information content (AvgIpc) is 3.31. The largest absolute Gasteiger partial charge is 0.451 e. The van der Waals surface area contributed by atoms with Crippen molar-refractivity contribution >= 4 is 11.8 Å². The fourth-order valence-corrected chi connectivity index (χ4v) is 3.87. The van der Waals surface area contributed by atoms with E-state index >= 15 is 0 Å². The van der Waals surface area contributed by atoms with Crippen molar-refractivity contribution in [3.8, 4) is 6.07 Å². The van der Waals surface area contributed by atoms with Crippen LogP contribution < -0.4 is 5.73 Å². The number of hydrogen-bond acceptors (Lipinski definition) is 6. The minimum absolute atomic E-state index is 0.0635. The van der Waals surface area contributed by atoms with E-state index in [2.05, 4.69) is 16.3 Å². The van der Waals surface area contributed by atoms with Crippen LogP contribution in [0.5, 0.6) is 0 Å². The molecular weight excluding hydrogens is 403 g/mol. The van der Waals surface area contributed by atoms with Crippen molar-refractivity contribution in [3.05, 3.63) is 11.6 Å². The highest BCUT2D eigenvalue weighted by Gasteiger charge is 2.42. The smallest absolute Gasteiger partial charge is 0.333 e. The summed E-state index contributed by atoms with van der Waals surface area (Å²) in [4.78, 5) is 28.4. The number of halogens is 3. The van der Waals surface area contributed by atoms with Crippen molar-refractivity contribution in [2.24, 2.45) is 11.1 Å². The zero-order valence-corrected chi connectivity index (χ0v) is 16.8. The van der Waals surface area contributed by atoms with E-state index in [1.807, 2.05) is 0 Å². The Balaban J connectivity index is 1.66. The number of nitrogens with zero attached hydrogens (tertiary/aromatic N) is 6. The van der Waals surface area contributed by atoms with Gasteiger partial charge in [-0.25, -0.2) is 0 Å². The first-order chi connectivity index (χ1) is 14.0. The molecule has 2 aliphatic rings. The molecule has 0 saturated carbocycles. The average molecular weight is 427 g/mol. The molecule has 0 aromatic carbocycles. The van der Waals surface area contributed by atoms with Gasteiger partial charge in [-0.15, -0.1) is 10.2 Å². The number of hydrogen-bond donors (Lipinski definition) is 1. The minimum Gasteiger partial charge on any atom is -0.333 e. The summed E-state index contributed by atoms with van der Waals surface area (Å²) in [5, 5.41) is 16.0. The van der Waals surface area contributed by atoms with Crippen molar-refractivity contribution in [3.63, 3.8) is 0 Å². The molecule has 2 atom stereocenters. The Hall–Kier alpha value is -2.68. The fraction of sp³-hybridized carbons (Fsp3) is 0.722. The zero-order valence-electron chi connectivity index (χ0n) is 16.8. The van der Waals surface area contributed by atoms with Crippen LogP contribution in [0.2, 0.25) is 0 Å². The van der Waals surface area contributed by atoms with Crippen molar-refractivity contribution in [1.29, 1.82) is 5.26 Å². The van der Waals surface area contributed by atoms with Gasteiger partial charge >= 0.3 is 6.18 Å². The fourth-order valence-electron chi connectivity index (χ4n) is 3.87. The van der Waals surface area contributed by atoms with Crippen LogP contribution in [0.4, 0.5) is 13.2 Å². The lowest BCUT2D eigenvalue weighted by atomic mass is 9.80. The summed E-state index contributed by atoms with van der Waals surface area (Å²) in [6.07, 6.45) is -3.35. The molecule has 0 unspecified atom stereocenters. The molecule has 2 N–H and O–H groups in total. The predicted octanol–water partition coefficient (Wildman–Crippen LogP) is 0.897. The van der Waals surface area contributed by atoms with Crippen molar-refractivity contribution in [2.75, 3.05) is 13.1 Å². The number of aromatic nitrogens is 3. The standard InChI is InChI=1S/C18H24F3N7O2/c1-17(2,14(23)15(30)27-5-3-4-11(27)9-22)8-13(29)26-6-7-28-12(10-26)24-25-16(28)18(19,20)21/h11,14H,3-8,10,23H2,1-2H3/t11-,14+/m0/s1. The van der Waals surface area contributed by atoms with Crippen LogP contribution in [0.1, 0.15) is 44.8 Å². The van der Waals surface area contributed by atoms with E-state index in [0.29, 0.717) is 13.0 Å². The number of nitriles is 1. The number of amides is 2. The maximum absolute atomic E-state index is 13.0. The SMILES string of the molecule is CC(C)(CC(=O)N1CCn2c(nnc2C(F)(F)F)C1)[C@H](N)C(=O)N1CCC[C@H]1C#N. The Kier molecular flexibility index (Phi) is 5.77. The Morgan fingerprint density at radius 2 is 1.97 bits per heavy atom. The monoisotopic (exact) mass is 427 g/mol. The summed E-state index contributed by atoms with van der Waals surface area (Å²) in [6, 6.07) is 0.601. The first-order valence-electron chi connectivity index (χ1n) is 9.68. The van der Waals surface area contributed by atoms with E-state index in [1.165, 1.54) is 9.80 Å². The number of nitrogens with two attached hydrogens (primary N) is 1. The molecule has 0 radical (unpaired) electrons. The molecule has 1 fully saturated rings. The van der Waals surface area contributed by atoms with Gasteiger partial charge in [-0.1, -0.05) is 13.8 Å². The van der Waals surface area contributed by atoms with E-state index in [0.717, 1.165) is 11.0 Å². The molecule has 12 heteroatoms. The van der Waals surface area contributed by atoms with E-state index in [9.17, 15) is 28.0 Å². The van der Waals surface area contributed by atoms with Crippen LogP contribution in [0, 0.1) is 16.7 Å². The Morgan fingerprint density at radius 3 is 2.60 bits per heavy atom. The summed E-state index contributed by atoms with van der Waals surface area (Å²) >= 11 is 0. The van der Waals surface area contributed by atoms with Gasteiger partial charge in [-0.2, -0.15) is 18.4 Å². The van der Waals surface area contributed by atoms with Crippen molar-refractivity contribution in [2.45, 2.75) is 64.5 Å². The second-order valence-corrected chi connectivity index (χ2v) is 8.37. The maximum Gasteiger partial charge on any atom is 0.451 e. The lowest BCUT2D eigenvalue weighted by Crippen LogP contribution is -2.54. The van der Waals surface area contributed by atoms with Crippen LogP contribution in [0.25, 0.3) is 0 Å². The molecule has 3 heterocycles. The second-order valence-electron chi connectivity index (χ2n) is 8.37. The molecule has 30 heavy (non-hydrogen) atoms. The molecule has 0 spiro atoms. The lowest BCUT2D eigenvalue weighted by Gasteiger charge is -2.36. The molecule has 9 nitrogen and oxygen atoms in total. The molecule has 1 aromatic rings. The van der Waals surface area contributed by atoms with Gasteiger partial charge in [0.15, 0.2) is 5.82 Å². The van der Waals surface area contributed by atoms with Gasteiger partial charge in [-0.3, -0.25) is 9.59 Å². The lowest BCUT2D eigenvalue weighted by molar-refractivity contribution is -0.148. The number of likely N-dealkylation sites (tertiary alicyclic amines) is 1. The van der Waals surface area contributed by atoms with Crippen LogP contribution in [0.15, 0.2) is 0 Å². The third-order valence-electron chi connectivity index (χ3n) is 5.76. The minimum atomic E-state index is -4.61. The van der Waals surface area contributed by atoms with Gasteiger partial charge < -0.3 is 20.1 Å². The molecule has 2 amide bonds. The van der Waals surface area contributed by atoms with Crippen LogP contribution in [-0.2, 0) is 28.9 Å². The zero-order chi connectivity index (χ0) is 22.3. The Morgan fingerprint density at radius 1 is 1.27 bits per heavy atom. The van der Waals surface area contributed by atoms with Gasteiger partial charge in [0.1, 0.15) is 6.04 Å². The molecule has 1 saturated heterocycles.